The number of aryl methyl sites for hydroxylation is 2. The van der Waals surface area contributed by atoms with Crippen LogP contribution in [0.2, 0.25) is 0 Å². The van der Waals surface area contributed by atoms with Crippen LogP contribution in [-0.2, 0) is 11.3 Å². The molecule has 23 heavy (non-hydrogen) atoms. The van der Waals surface area contributed by atoms with Crippen molar-refractivity contribution in [2.45, 2.75) is 58.5 Å². The van der Waals surface area contributed by atoms with E-state index in [-0.39, 0.29) is 30.7 Å². The summed E-state index contributed by atoms with van der Waals surface area (Å²) in [6.07, 6.45) is 3.87. The maximum atomic E-state index is 12.5. The molecule has 1 aliphatic rings. The lowest BCUT2D eigenvalue weighted by Crippen LogP contribution is -2.44. The second kappa shape index (κ2) is 7.54. The maximum Gasteiger partial charge on any atom is 0.312 e. The molecule has 1 atom stereocenters. The number of carbonyl (C=O) groups is 1. The third-order valence-corrected chi connectivity index (χ3v) is 4.47. The minimum atomic E-state index is -0.433. The Kier molecular flexibility index (Phi) is 5.70. The Morgan fingerprint density at radius 1 is 1.43 bits per heavy atom. The summed E-state index contributed by atoms with van der Waals surface area (Å²) in [7, 11) is 0. The van der Waals surface area contributed by atoms with Crippen molar-refractivity contribution in [2.75, 3.05) is 13.2 Å². The smallest absolute Gasteiger partial charge is 0.312 e. The van der Waals surface area contributed by atoms with Crippen molar-refractivity contribution in [3.63, 3.8) is 0 Å². The fourth-order valence-electron chi connectivity index (χ4n) is 3.29. The predicted molar refractivity (Wildman–Crippen MR) is 84.0 cm³/mol. The molecule has 128 valence electrons. The normalized spacial score (nSPS) is 18.2. The monoisotopic (exact) mass is 324 g/mol. The number of aliphatic hydroxyl groups is 1. The molecular formula is C15H24N4O4. The molecule has 1 amide bonds. The molecule has 2 heterocycles. The summed E-state index contributed by atoms with van der Waals surface area (Å²) in [4.78, 5) is 24.9. The van der Waals surface area contributed by atoms with Crippen molar-refractivity contribution in [1.82, 2.24) is 14.7 Å². The molecule has 8 heteroatoms. The highest BCUT2D eigenvalue weighted by Crippen LogP contribution is 2.23. The molecule has 1 fully saturated rings. The number of rotatable bonds is 6. The van der Waals surface area contributed by atoms with Crippen LogP contribution in [0.5, 0.6) is 0 Å². The first-order valence-electron chi connectivity index (χ1n) is 8.04. The molecule has 0 aliphatic carbocycles. The van der Waals surface area contributed by atoms with Crippen LogP contribution in [0.25, 0.3) is 0 Å². The summed E-state index contributed by atoms with van der Waals surface area (Å²) in [5.41, 5.74) is 0.871. The molecule has 1 aromatic heterocycles. The molecular weight excluding hydrogens is 300 g/mol. The Morgan fingerprint density at radius 3 is 2.78 bits per heavy atom. The molecule has 0 spiro atoms. The Balaban J connectivity index is 2.01. The van der Waals surface area contributed by atoms with Crippen molar-refractivity contribution >= 4 is 11.6 Å². The number of aliphatic hydroxyl groups excluding tert-OH is 1. The largest absolute Gasteiger partial charge is 0.396 e. The van der Waals surface area contributed by atoms with Crippen LogP contribution >= 0.6 is 0 Å². The molecule has 1 saturated heterocycles. The van der Waals surface area contributed by atoms with Gasteiger partial charge in [-0.1, -0.05) is 0 Å². The summed E-state index contributed by atoms with van der Waals surface area (Å²) < 4.78 is 1.54. The number of hydrogen-bond acceptors (Lipinski definition) is 5. The highest BCUT2D eigenvalue weighted by molar-refractivity contribution is 5.76. The van der Waals surface area contributed by atoms with Gasteiger partial charge in [-0.2, -0.15) is 5.10 Å². The van der Waals surface area contributed by atoms with Gasteiger partial charge in [0.1, 0.15) is 11.4 Å². The van der Waals surface area contributed by atoms with Gasteiger partial charge in [0, 0.05) is 25.6 Å². The van der Waals surface area contributed by atoms with Crippen molar-refractivity contribution in [3.05, 3.63) is 21.5 Å². The van der Waals surface area contributed by atoms with E-state index >= 15 is 0 Å². The van der Waals surface area contributed by atoms with Crippen molar-refractivity contribution < 1.29 is 14.8 Å². The van der Waals surface area contributed by atoms with Gasteiger partial charge in [0.15, 0.2) is 0 Å². The van der Waals surface area contributed by atoms with Gasteiger partial charge in [-0.3, -0.25) is 19.6 Å². The van der Waals surface area contributed by atoms with Crippen LogP contribution in [0.15, 0.2) is 0 Å². The van der Waals surface area contributed by atoms with Gasteiger partial charge in [-0.25, -0.2) is 0 Å². The Morgan fingerprint density at radius 2 is 2.17 bits per heavy atom. The number of hydrogen-bond donors (Lipinski definition) is 1. The van der Waals surface area contributed by atoms with Crippen LogP contribution in [-0.4, -0.2) is 49.8 Å². The lowest BCUT2D eigenvalue weighted by atomic mass is 9.99. The number of nitro groups is 1. The lowest BCUT2D eigenvalue weighted by Gasteiger charge is -2.35. The second-order valence-corrected chi connectivity index (χ2v) is 6.00. The van der Waals surface area contributed by atoms with Crippen LogP contribution < -0.4 is 0 Å². The van der Waals surface area contributed by atoms with E-state index in [4.69, 9.17) is 5.11 Å². The van der Waals surface area contributed by atoms with Crippen LogP contribution in [0, 0.1) is 24.0 Å². The molecule has 8 nitrogen and oxygen atoms in total. The van der Waals surface area contributed by atoms with Gasteiger partial charge in [0.05, 0.1) is 11.5 Å². The zero-order valence-corrected chi connectivity index (χ0v) is 13.7. The second-order valence-electron chi connectivity index (χ2n) is 6.00. The first-order valence-corrected chi connectivity index (χ1v) is 8.04. The van der Waals surface area contributed by atoms with Crippen LogP contribution in [0.4, 0.5) is 5.69 Å². The molecule has 0 aromatic carbocycles. The zero-order chi connectivity index (χ0) is 17.0. The van der Waals surface area contributed by atoms with E-state index in [0.717, 1.165) is 25.8 Å². The lowest BCUT2D eigenvalue weighted by molar-refractivity contribution is -0.386. The third-order valence-electron chi connectivity index (χ3n) is 4.47. The SMILES string of the molecule is Cc1nn(CCC(=O)N2CCCCC2CCO)c(C)c1[N+](=O)[O-]. The summed E-state index contributed by atoms with van der Waals surface area (Å²) >= 11 is 0. The topological polar surface area (TPSA) is 102 Å². The van der Waals surface area contributed by atoms with Gasteiger partial charge < -0.3 is 10.0 Å². The summed E-state index contributed by atoms with van der Waals surface area (Å²) in [6.45, 7) is 4.39. The van der Waals surface area contributed by atoms with Crippen LogP contribution in [0.1, 0.15) is 43.5 Å². The van der Waals surface area contributed by atoms with Crippen molar-refractivity contribution in [1.29, 1.82) is 0 Å². The van der Waals surface area contributed by atoms with E-state index in [0.29, 0.717) is 24.4 Å². The number of piperidine rings is 1. The van der Waals surface area contributed by atoms with E-state index in [1.165, 1.54) is 4.68 Å². The van der Waals surface area contributed by atoms with Crippen LogP contribution in [0.3, 0.4) is 0 Å². The summed E-state index contributed by atoms with van der Waals surface area (Å²) in [5, 5.41) is 24.3. The summed E-state index contributed by atoms with van der Waals surface area (Å²) in [5.74, 6) is 0.0263. The standard InChI is InChI=1S/C15H24N4O4/c1-11-15(19(22)23)12(2)18(16-11)9-6-14(21)17-8-4-3-5-13(17)7-10-20/h13,20H,3-10H2,1-2H3. The molecule has 0 radical (unpaired) electrons. The van der Waals surface area contributed by atoms with E-state index in [2.05, 4.69) is 5.10 Å². The van der Waals surface area contributed by atoms with Gasteiger partial charge in [0.25, 0.3) is 0 Å². The van der Waals surface area contributed by atoms with Gasteiger partial charge in [0.2, 0.25) is 5.91 Å². The molecule has 1 aliphatic heterocycles. The molecule has 0 bridgehead atoms. The minimum absolute atomic E-state index is 0.0218. The Bertz CT molecular complexity index is 582. The first kappa shape index (κ1) is 17.4. The van der Waals surface area contributed by atoms with Gasteiger partial charge >= 0.3 is 5.69 Å². The predicted octanol–water partition coefficient (Wildman–Crippen LogP) is 1.56. The number of aromatic nitrogens is 2. The minimum Gasteiger partial charge on any atom is -0.396 e. The van der Waals surface area contributed by atoms with E-state index in [1.54, 1.807) is 13.8 Å². The van der Waals surface area contributed by atoms with Crippen molar-refractivity contribution in [2.24, 2.45) is 0 Å². The summed E-state index contributed by atoms with van der Waals surface area (Å²) in [6, 6.07) is 0.107. The number of nitrogens with zero attached hydrogens (tertiary/aromatic N) is 4. The zero-order valence-electron chi connectivity index (χ0n) is 13.7. The van der Waals surface area contributed by atoms with E-state index in [1.807, 2.05) is 4.90 Å². The average molecular weight is 324 g/mol. The molecule has 1 unspecified atom stereocenters. The van der Waals surface area contributed by atoms with E-state index in [9.17, 15) is 14.9 Å². The van der Waals surface area contributed by atoms with E-state index < -0.39 is 4.92 Å². The van der Waals surface area contributed by atoms with Gasteiger partial charge in [-0.05, 0) is 39.5 Å². The maximum absolute atomic E-state index is 12.5. The van der Waals surface area contributed by atoms with Gasteiger partial charge in [-0.15, -0.1) is 0 Å². The molecule has 1 aromatic rings. The quantitative estimate of drug-likeness (QED) is 0.632. The molecule has 0 saturated carbocycles. The fourth-order valence-corrected chi connectivity index (χ4v) is 3.29. The Hall–Kier alpha value is -1.96. The average Bonchev–Trinajstić information content (AvgIpc) is 2.80. The number of amides is 1. The Labute approximate surface area is 135 Å². The highest BCUT2D eigenvalue weighted by atomic mass is 16.6. The third kappa shape index (κ3) is 3.87. The number of likely N-dealkylation sites (tertiary alicyclic amines) is 1. The number of carbonyl (C=O) groups excluding carboxylic acids is 1. The highest BCUT2D eigenvalue weighted by Gasteiger charge is 2.27. The molecule has 1 N–H and O–H groups in total. The fraction of sp³-hybridized carbons (Fsp3) is 0.733. The first-order chi connectivity index (χ1) is 11.0. The van der Waals surface area contributed by atoms with Crippen molar-refractivity contribution in [3.8, 4) is 0 Å². The molecule has 2 rings (SSSR count).